The Kier molecular flexibility index (Phi) is 6.19. The first-order chi connectivity index (χ1) is 8.17. The summed E-state index contributed by atoms with van der Waals surface area (Å²) in [5, 5.41) is 12.5. The molecule has 2 unspecified atom stereocenters. The van der Waals surface area contributed by atoms with E-state index in [9.17, 15) is 0 Å². The summed E-state index contributed by atoms with van der Waals surface area (Å²) in [6, 6.07) is 8.67. The van der Waals surface area contributed by atoms with Crippen molar-refractivity contribution in [2.75, 3.05) is 13.7 Å². The first kappa shape index (κ1) is 14.2. The van der Waals surface area contributed by atoms with Gasteiger partial charge in [0.15, 0.2) is 0 Å². The standard InChI is InChI=1S/C14H23NO2/c1-11(9-16)12(2)15-8-13-5-4-6-14(7-13)10-17-3/h4-7,11-12,15-16H,8-10H2,1-3H3. The van der Waals surface area contributed by atoms with E-state index in [1.54, 1.807) is 7.11 Å². The SMILES string of the molecule is COCc1cccc(CNC(C)C(C)CO)c1. The van der Waals surface area contributed by atoms with Crippen LogP contribution in [0.4, 0.5) is 0 Å². The van der Waals surface area contributed by atoms with Gasteiger partial charge in [0.05, 0.1) is 6.61 Å². The van der Waals surface area contributed by atoms with Crippen molar-refractivity contribution in [3.8, 4) is 0 Å². The van der Waals surface area contributed by atoms with Crippen LogP contribution in [-0.2, 0) is 17.9 Å². The topological polar surface area (TPSA) is 41.5 Å². The van der Waals surface area contributed by atoms with Gasteiger partial charge in [-0.2, -0.15) is 0 Å². The van der Waals surface area contributed by atoms with E-state index < -0.39 is 0 Å². The molecule has 0 aliphatic carbocycles. The lowest BCUT2D eigenvalue weighted by Gasteiger charge is -2.19. The third-order valence-electron chi connectivity index (χ3n) is 3.07. The molecule has 3 heteroatoms. The van der Waals surface area contributed by atoms with Gasteiger partial charge in [0, 0.05) is 26.3 Å². The van der Waals surface area contributed by atoms with E-state index in [0.717, 1.165) is 6.54 Å². The van der Waals surface area contributed by atoms with E-state index in [2.05, 4.69) is 30.4 Å². The highest BCUT2D eigenvalue weighted by atomic mass is 16.5. The minimum Gasteiger partial charge on any atom is -0.396 e. The van der Waals surface area contributed by atoms with Gasteiger partial charge in [-0.1, -0.05) is 31.2 Å². The van der Waals surface area contributed by atoms with Gasteiger partial charge in [0.25, 0.3) is 0 Å². The summed E-state index contributed by atoms with van der Waals surface area (Å²) in [4.78, 5) is 0. The minimum absolute atomic E-state index is 0.220. The van der Waals surface area contributed by atoms with Crippen LogP contribution < -0.4 is 5.32 Å². The van der Waals surface area contributed by atoms with Crippen LogP contribution in [-0.4, -0.2) is 24.9 Å². The molecule has 0 radical (unpaired) electrons. The van der Waals surface area contributed by atoms with Crippen molar-refractivity contribution in [1.29, 1.82) is 0 Å². The monoisotopic (exact) mass is 237 g/mol. The van der Waals surface area contributed by atoms with Gasteiger partial charge < -0.3 is 15.2 Å². The highest BCUT2D eigenvalue weighted by molar-refractivity contribution is 5.22. The van der Waals surface area contributed by atoms with Gasteiger partial charge in [-0.25, -0.2) is 0 Å². The number of aliphatic hydroxyl groups is 1. The average molecular weight is 237 g/mol. The molecule has 0 aliphatic rings. The smallest absolute Gasteiger partial charge is 0.0713 e. The largest absolute Gasteiger partial charge is 0.396 e. The van der Waals surface area contributed by atoms with Crippen molar-refractivity contribution in [3.63, 3.8) is 0 Å². The van der Waals surface area contributed by atoms with Crippen LogP contribution in [0, 0.1) is 5.92 Å². The molecule has 1 aromatic carbocycles. The lowest BCUT2D eigenvalue weighted by molar-refractivity contribution is 0.185. The predicted molar refractivity (Wildman–Crippen MR) is 69.7 cm³/mol. The first-order valence-electron chi connectivity index (χ1n) is 6.08. The van der Waals surface area contributed by atoms with Crippen LogP contribution in [0.25, 0.3) is 0 Å². The third-order valence-corrected chi connectivity index (χ3v) is 3.07. The molecular formula is C14H23NO2. The summed E-state index contributed by atoms with van der Waals surface area (Å²) in [5.41, 5.74) is 2.44. The highest BCUT2D eigenvalue weighted by Gasteiger charge is 2.09. The van der Waals surface area contributed by atoms with E-state index in [-0.39, 0.29) is 12.5 Å². The molecule has 0 heterocycles. The van der Waals surface area contributed by atoms with Crippen molar-refractivity contribution >= 4 is 0 Å². The van der Waals surface area contributed by atoms with Crippen LogP contribution in [0.1, 0.15) is 25.0 Å². The zero-order valence-corrected chi connectivity index (χ0v) is 10.9. The Balaban J connectivity index is 2.48. The Morgan fingerprint density at radius 1 is 1.29 bits per heavy atom. The Morgan fingerprint density at radius 3 is 2.65 bits per heavy atom. The van der Waals surface area contributed by atoms with Crippen LogP contribution in [0.3, 0.4) is 0 Å². The second kappa shape index (κ2) is 7.43. The van der Waals surface area contributed by atoms with E-state index in [1.807, 2.05) is 13.0 Å². The number of hydrogen-bond acceptors (Lipinski definition) is 3. The van der Waals surface area contributed by atoms with Crippen LogP contribution in [0.5, 0.6) is 0 Å². The number of benzene rings is 1. The summed E-state index contributed by atoms with van der Waals surface area (Å²) in [5.74, 6) is 0.275. The van der Waals surface area contributed by atoms with Gasteiger partial charge in [0.2, 0.25) is 0 Å². The summed E-state index contributed by atoms with van der Waals surface area (Å²) in [6.07, 6.45) is 0. The lowest BCUT2D eigenvalue weighted by Crippen LogP contribution is -2.33. The van der Waals surface area contributed by atoms with Crippen LogP contribution in [0.15, 0.2) is 24.3 Å². The number of aliphatic hydroxyl groups excluding tert-OH is 1. The molecule has 3 nitrogen and oxygen atoms in total. The maximum absolute atomic E-state index is 9.06. The fourth-order valence-electron chi connectivity index (χ4n) is 1.63. The molecule has 2 atom stereocenters. The van der Waals surface area contributed by atoms with Gasteiger partial charge >= 0.3 is 0 Å². The molecule has 0 saturated heterocycles. The molecule has 96 valence electrons. The van der Waals surface area contributed by atoms with Gasteiger partial charge in [0.1, 0.15) is 0 Å². The fourth-order valence-corrected chi connectivity index (χ4v) is 1.63. The molecule has 0 fully saturated rings. The number of hydrogen-bond donors (Lipinski definition) is 2. The summed E-state index contributed by atoms with van der Waals surface area (Å²) >= 11 is 0. The quantitative estimate of drug-likeness (QED) is 0.761. The summed E-state index contributed by atoms with van der Waals surface area (Å²) in [6.45, 7) is 5.83. The van der Waals surface area contributed by atoms with Gasteiger partial charge in [-0.15, -0.1) is 0 Å². The Bertz CT molecular complexity index is 328. The zero-order chi connectivity index (χ0) is 12.7. The second-order valence-electron chi connectivity index (χ2n) is 4.58. The van der Waals surface area contributed by atoms with E-state index >= 15 is 0 Å². The number of ether oxygens (including phenoxy) is 1. The van der Waals surface area contributed by atoms with E-state index in [1.165, 1.54) is 11.1 Å². The maximum atomic E-state index is 9.06. The van der Waals surface area contributed by atoms with Crippen molar-refractivity contribution in [1.82, 2.24) is 5.32 Å². The molecule has 0 saturated carbocycles. The minimum atomic E-state index is 0.220. The molecule has 0 bridgehead atoms. The molecule has 0 aromatic heterocycles. The highest BCUT2D eigenvalue weighted by Crippen LogP contribution is 2.08. The molecule has 1 rings (SSSR count). The summed E-state index contributed by atoms with van der Waals surface area (Å²) in [7, 11) is 1.70. The summed E-state index contributed by atoms with van der Waals surface area (Å²) < 4.78 is 5.11. The van der Waals surface area contributed by atoms with Crippen molar-refractivity contribution in [2.45, 2.75) is 33.0 Å². The van der Waals surface area contributed by atoms with Crippen molar-refractivity contribution in [3.05, 3.63) is 35.4 Å². The average Bonchev–Trinajstić information content (AvgIpc) is 2.36. The lowest BCUT2D eigenvalue weighted by atomic mass is 10.0. The Hall–Kier alpha value is -0.900. The van der Waals surface area contributed by atoms with E-state index in [0.29, 0.717) is 12.6 Å². The third kappa shape index (κ3) is 4.86. The number of rotatable bonds is 7. The second-order valence-corrected chi connectivity index (χ2v) is 4.58. The molecule has 0 spiro atoms. The number of methoxy groups -OCH3 is 1. The maximum Gasteiger partial charge on any atom is 0.0713 e. The molecule has 0 aliphatic heterocycles. The molecular weight excluding hydrogens is 214 g/mol. The normalized spacial score (nSPS) is 14.6. The predicted octanol–water partition coefficient (Wildman–Crippen LogP) is 1.94. The Labute approximate surface area is 104 Å². The van der Waals surface area contributed by atoms with E-state index in [4.69, 9.17) is 9.84 Å². The fraction of sp³-hybridized carbons (Fsp3) is 0.571. The zero-order valence-electron chi connectivity index (χ0n) is 10.9. The molecule has 1 aromatic rings. The van der Waals surface area contributed by atoms with Gasteiger partial charge in [-0.05, 0) is 24.0 Å². The molecule has 17 heavy (non-hydrogen) atoms. The first-order valence-corrected chi connectivity index (χ1v) is 6.08. The molecule has 0 amide bonds. The van der Waals surface area contributed by atoms with Crippen molar-refractivity contribution in [2.24, 2.45) is 5.92 Å². The Morgan fingerprint density at radius 2 is 2.00 bits per heavy atom. The van der Waals surface area contributed by atoms with Crippen molar-refractivity contribution < 1.29 is 9.84 Å². The number of nitrogens with one attached hydrogen (secondary N) is 1. The van der Waals surface area contributed by atoms with Crippen LogP contribution in [0.2, 0.25) is 0 Å². The van der Waals surface area contributed by atoms with Crippen LogP contribution >= 0.6 is 0 Å². The van der Waals surface area contributed by atoms with Gasteiger partial charge in [-0.3, -0.25) is 0 Å². The molecule has 2 N–H and O–H groups in total.